The van der Waals surface area contributed by atoms with Gasteiger partial charge in [0.05, 0.1) is 4.92 Å². The fraction of sp³-hybridized carbons (Fsp3) is 0.333. The van der Waals surface area contributed by atoms with E-state index in [-0.39, 0.29) is 11.7 Å². The van der Waals surface area contributed by atoms with Gasteiger partial charge in [0.2, 0.25) is 0 Å². The zero-order valence-corrected chi connectivity index (χ0v) is 9.89. The van der Waals surface area contributed by atoms with Crippen LogP contribution in [-0.2, 0) is 0 Å². The summed E-state index contributed by atoms with van der Waals surface area (Å²) in [6.07, 6.45) is 0.775. The minimum atomic E-state index is -0.401. The first kappa shape index (κ1) is 11.4. The molecule has 2 N–H and O–H groups in total. The lowest BCUT2D eigenvalue weighted by molar-refractivity contribution is -0.385. The number of hydrogen-bond donors (Lipinski definition) is 1. The van der Waals surface area contributed by atoms with E-state index in [1.807, 2.05) is 6.92 Å². The van der Waals surface area contributed by atoms with Gasteiger partial charge in [-0.3, -0.25) is 10.1 Å². The van der Waals surface area contributed by atoms with E-state index < -0.39 is 4.92 Å². The molecule has 0 saturated heterocycles. The molecule has 0 amide bonds. The smallest absolute Gasteiger partial charge is 0.269 e. The minimum Gasteiger partial charge on any atom is -0.324 e. The molecule has 1 aromatic carbocycles. The summed E-state index contributed by atoms with van der Waals surface area (Å²) >= 11 is 2.14. The van der Waals surface area contributed by atoms with Gasteiger partial charge in [0.25, 0.3) is 5.69 Å². The second-order valence-corrected chi connectivity index (χ2v) is 4.14. The predicted octanol–water partition coefficient (Wildman–Crippen LogP) is 2.61. The summed E-state index contributed by atoms with van der Waals surface area (Å²) in [4.78, 5) is 10.1. The number of benzene rings is 1. The van der Waals surface area contributed by atoms with Gasteiger partial charge in [0.1, 0.15) is 0 Å². The maximum Gasteiger partial charge on any atom is 0.269 e. The van der Waals surface area contributed by atoms with Crippen LogP contribution in [0, 0.1) is 13.7 Å². The number of rotatable bonds is 3. The molecule has 5 heteroatoms. The predicted molar refractivity (Wildman–Crippen MR) is 63.0 cm³/mol. The molecule has 76 valence electrons. The van der Waals surface area contributed by atoms with Gasteiger partial charge in [-0.05, 0) is 40.6 Å². The molecule has 0 radical (unpaired) electrons. The highest BCUT2D eigenvalue weighted by Crippen LogP contribution is 2.25. The van der Waals surface area contributed by atoms with Crippen LogP contribution < -0.4 is 5.73 Å². The van der Waals surface area contributed by atoms with Crippen molar-refractivity contribution in [2.75, 3.05) is 0 Å². The fourth-order valence-electron chi connectivity index (χ4n) is 1.15. The fourth-order valence-corrected chi connectivity index (χ4v) is 1.88. The minimum absolute atomic E-state index is 0.101. The molecule has 1 aromatic rings. The van der Waals surface area contributed by atoms with E-state index in [1.165, 1.54) is 6.07 Å². The zero-order valence-electron chi connectivity index (χ0n) is 7.74. The summed E-state index contributed by atoms with van der Waals surface area (Å²) in [7, 11) is 0. The molecule has 4 nitrogen and oxygen atoms in total. The monoisotopic (exact) mass is 306 g/mol. The van der Waals surface area contributed by atoms with Crippen LogP contribution in [0.4, 0.5) is 5.69 Å². The molecule has 0 bridgehead atoms. The summed E-state index contributed by atoms with van der Waals surface area (Å²) in [6.45, 7) is 1.96. The van der Waals surface area contributed by atoms with Gasteiger partial charge < -0.3 is 5.73 Å². The van der Waals surface area contributed by atoms with Crippen molar-refractivity contribution in [1.29, 1.82) is 0 Å². The molecular weight excluding hydrogens is 295 g/mol. The first-order chi connectivity index (χ1) is 6.56. The van der Waals surface area contributed by atoms with Crippen molar-refractivity contribution in [3.8, 4) is 0 Å². The second-order valence-electron chi connectivity index (χ2n) is 2.98. The summed E-state index contributed by atoms with van der Waals surface area (Å²) in [5, 5.41) is 10.5. The van der Waals surface area contributed by atoms with Crippen LogP contribution in [0.2, 0.25) is 0 Å². The molecule has 0 aliphatic heterocycles. The van der Waals surface area contributed by atoms with Crippen molar-refractivity contribution in [2.45, 2.75) is 19.4 Å². The number of nitrogens with two attached hydrogens (primary N) is 1. The molecule has 14 heavy (non-hydrogen) atoms. The Morgan fingerprint density at radius 2 is 2.29 bits per heavy atom. The normalized spacial score (nSPS) is 12.5. The lowest BCUT2D eigenvalue weighted by atomic mass is 10.1. The third-order valence-corrected chi connectivity index (χ3v) is 3.01. The molecule has 1 unspecified atom stereocenters. The third kappa shape index (κ3) is 2.42. The van der Waals surface area contributed by atoms with E-state index in [0.717, 1.165) is 15.6 Å². The van der Waals surface area contributed by atoms with Gasteiger partial charge in [-0.15, -0.1) is 0 Å². The van der Waals surface area contributed by atoms with E-state index in [1.54, 1.807) is 12.1 Å². The lowest BCUT2D eigenvalue weighted by Crippen LogP contribution is -2.10. The number of halogens is 1. The molecule has 0 heterocycles. The van der Waals surface area contributed by atoms with Crippen molar-refractivity contribution in [2.24, 2.45) is 5.73 Å². The molecule has 0 aliphatic rings. The Morgan fingerprint density at radius 3 is 2.79 bits per heavy atom. The second kappa shape index (κ2) is 4.70. The van der Waals surface area contributed by atoms with Gasteiger partial charge in [-0.25, -0.2) is 0 Å². The largest absolute Gasteiger partial charge is 0.324 e. The lowest BCUT2D eigenvalue weighted by Gasteiger charge is -2.10. The molecule has 1 rings (SSSR count). The van der Waals surface area contributed by atoms with Gasteiger partial charge >= 0.3 is 0 Å². The summed E-state index contributed by atoms with van der Waals surface area (Å²) in [6, 6.07) is 4.65. The van der Waals surface area contributed by atoms with Crippen LogP contribution in [-0.4, -0.2) is 4.92 Å². The van der Waals surface area contributed by atoms with Crippen molar-refractivity contribution in [3.63, 3.8) is 0 Å². The standard InChI is InChI=1S/C9H11IN2O2/c1-2-9(11)7-5-6(12(13)14)3-4-8(7)10/h3-5,9H,2,11H2,1H3. The van der Waals surface area contributed by atoms with Crippen molar-refractivity contribution < 1.29 is 4.92 Å². The van der Waals surface area contributed by atoms with E-state index in [2.05, 4.69) is 22.6 Å². The Morgan fingerprint density at radius 1 is 1.64 bits per heavy atom. The molecule has 0 saturated carbocycles. The molecule has 0 aliphatic carbocycles. The first-order valence-electron chi connectivity index (χ1n) is 4.25. The number of nitro groups is 1. The summed E-state index contributed by atoms with van der Waals surface area (Å²) in [5.41, 5.74) is 6.79. The topological polar surface area (TPSA) is 69.2 Å². The Labute approximate surface area is 95.8 Å². The van der Waals surface area contributed by atoms with E-state index >= 15 is 0 Å². The van der Waals surface area contributed by atoms with Gasteiger partial charge in [-0.2, -0.15) is 0 Å². The van der Waals surface area contributed by atoms with Crippen molar-refractivity contribution in [1.82, 2.24) is 0 Å². The summed E-state index contributed by atoms with van der Waals surface area (Å²) < 4.78 is 0.975. The number of hydrogen-bond acceptors (Lipinski definition) is 3. The van der Waals surface area contributed by atoms with Crippen molar-refractivity contribution in [3.05, 3.63) is 37.4 Å². The highest BCUT2D eigenvalue weighted by molar-refractivity contribution is 14.1. The van der Waals surface area contributed by atoms with E-state index in [4.69, 9.17) is 5.73 Å². The zero-order chi connectivity index (χ0) is 10.7. The Hall–Kier alpha value is -0.690. The molecule has 0 spiro atoms. The third-order valence-electron chi connectivity index (χ3n) is 2.03. The number of nitro benzene ring substituents is 1. The van der Waals surface area contributed by atoms with Crippen LogP contribution in [0.3, 0.4) is 0 Å². The maximum absolute atomic E-state index is 10.5. The molecular formula is C9H11IN2O2. The Kier molecular flexibility index (Phi) is 3.82. The van der Waals surface area contributed by atoms with Gasteiger partial charge in [-0.1, -0.05) is 6.92 Å². The van der Waals surface area contributed by atoms with Crippen LogP contribution in [0.5, 0.6) is 0 Å². The van der Waals surface area contributed by atoms with Crippen LogP contribution in [0.25, 0.3) is 0 Å². The Bertz CT molecular complexity index is 355. The average molecular weight is 306 g/mol. The highest BCUT2D eigenvalue weighted by atomic mass is 127. The van der Waals surface area contributed by atoms with Gasteiger partial charge in [0, 0.05) is 21.7 Å². The SMILES string of the molecule is CCC(N)c1cc([N+](=O)[O-])ccc1I. The van der Waals surface area contributed by atoms with Crippen LogP contribution in [0.15, 0.2) is 18.2 Å². The molecule has 0 fully saturated rings. The number of non-ortho nitro benzene ring substituents is 1. The Balaban J connectivity index is 3.14. The average Bonchev–Trinajstić information content (AvgIpc) is 2.17. The molecule has 0 aromatic heterocycles. The molecule has 1 atom stereocenters. The van der Waals surface area contributed by atoms with Crippen LogP contribution in [0.1, 0.15) is 24.9 Å². The number of nitrogens with zero attached hydrogens (tertiary/aromatic N) is 1. The first-order valence-corrected chi connectivity index (χ1v) is 5.33. The summed E-state index contributed by atoms with van der Waals surface area (Å²) in [5.74, 6) is 0. The maximum atomic E-state index is 10.5. The van der Waals surface area contributed by atoms with E-state index in [0.29, 0.717) is 0 Å². The highest BCUT2D eigenvalue weighted by Gasteiger charge is 2.13. The van der Waals surface area contributed by atoms with Gasteiger partial charge in [0.15, 0.2) is 0 Å². The quantitative estimate of drug-likeness (QED) is 0.530. The van der Waals surface area contributed by atoms with Crippen molar-refractivity contribution >= 4 is 28.3 Å². The van der Waals surface area contributed by atoms with E-state index in [9.17, 15) is 10.1 Å². The van der Waals surface area contributed by atoms with Crippen LogP contribution >= 0.6 is 22.6 Å².